The predicted octanol–water partition coefficient (Wildman–Crippen LogP) is 2.42. The Morgan fingerprint density at radius 3 is 2.84 bits per heavy atom. The summed E-state index contributed by atoms with van der Waals surface area (Å²) in [4.78, 5) is 14.2. The number of nitrogens with one attached hydrogen (secondary N) is 1. The fourth-order valence-corrected chi connectivity index (χ4v) is 2.61. The maximum absolute atomic E-state index is 11.9. The molecule has 1 fully saturated rings. The number of nitrogens with zero attached hydrogens (tertiary/aromatic N) is 1. The standard InChI is InChI=1S/C14H19BrN2O2/c1-11-2-3-13(12(15)10-11)16-14(18)4-5-17-6-8-19-9-7-17/h2-3,10H,4-9H2,1H3,(H,16,18). The summed E-state index contributed by atoms with van der Waals surface area (Å²) >= 11 is 3.46. The molecule has 104 valence electrons. The van der Waals surface area contributed by atoms with E-state index in [1.165, 1.54) is 0 Å². The van der Waals surface area contributed by atoms with Gasteiger partial charge in [0.25, 0.3) is 0 Å². The number of hydrogen-bond acceptors (Lipinski definition) is 3. The summed E-state index contributed by atoms with van der Waals surface area (Å²) in [6.07, 6.45) is 0.514. The molecule has 1 saturated heterocycles. The molecule has 4 nitrogen and oxygen atoms in total. The van der Waals surface area contributed by atoms with Crippen molar-refractivity contribution >= 4 is 27.5 Å². The minimum atomic E-state index is 0.0519. The van der Waals surface area contributed by atoms with Crippen LogP contribution in [0, 0.1) is 6.92 Å². The Labute approximate surface area is 122 Å². The van der Waals surface area contributed by atoms with E-state index in [9.17, 15) is 4.79 Å². The lowest BCUT2D eigenvalue weighted by atomic mass is 10.2. The first kappa shape index (κ1) is 14.5. The quantitative estimate of drug-likeness (QED) is 0.923. The number of carbonyl (C=O) groups excluding carboxylic acids is 1. The summed E-state index contributed by atoms with van der Waals surface area (Å²) in [5.74, 6) is 0.0519. The van der Waals surface area contributed by atoms with Crippen molar-refractivity contribution < 1.29 is 9.53 Å². The zero-order chi connectivity index (χ0) is 13.7. The molecule has 1 aromatic rings. The number of morpholine rings is 1. The first-order valence-electron chi connectivity index (χ1n) is 6.51. The van der Waals surface area contributed by atoms with Crippen molar-refractivity contribution in [2.45, 2.75) is 13.3 Å². The summed E-state index contributed by atoms with van der Waals surface area (Å²) in [5, 5.41) is 2.93. The van der Waals surface area contributed by atoms with E-state index < -0.39 is 0 Å². The Balaban J connectivity index is 1.80. The maximum Gasteiger partial charge on any atom is 0.225 e. The summed E-state index contributed by atoms with van der Waals surface area (Å²) in [6.45, 7) is 6.19. The third-order valence-electron chi connectivity index (χ3n) is 3.16. The molecule has 0 radical (unpaired) electrons. The zero-order valence-electron chi connectivity index (χ0n) is 11.1. The van der Waals surface area contributed by atoms with Crippen molar-refractivity contribution in [3.8, 4) is 0 Å². The van der Waals surface area contributed by atoms with Gasteiger partial charge in [-0.15, -0.1) is 0 Å². The molecular formula is C14H19BrN2O2. The van der Waals surface area contributed by atoms with Crippen LogP contribution in [0.4, 0.5) is 5.69 Å². The molecule has 19 heavy (non-hydrogen) atoms. The van der Waals surface area contributed by atoms with Gasteiger partial charge in [0.05, 0.1) is 18.9 Å². The van der Waals surface area contributed by atoms with E-state index in [4.69, 9.17) is 4.74 Å². The van der Waals surface area contributed by atoms with Crippen LogP contribution in [0.15, 0.2) is 22.7 Å². The molecule has 1 aliphatic heterocycles. The highest BCUT2D eigenvalue weighted by molar-refractivity contribution is 9.10. The van der Waals surface area contributed by atoms with Crippen molar-refractivity contribution in [3.63, 3.8) is 0 Å². The molecule has 0 saturated carbocycles. The van der Waals surface area contributed by atoms with Gasteiger partial charge in [-0.1, -0.05) is 6.07 Å². The molecular weight excluding hydrogens is 308 g/mol. The number of rotatable bonds is 4. The fraction of sp³-hybridized carbons (Fsp3) is 0.500. The smallest absolute Gasteiger partial charge is 0.225 e. The molecule has 1 aliphatic rings. The molecule has 0 spiro atoms. The van der Waals surface area contributed by atoms with Gasteiger partial charge in [-0.25, -0.2) is 0 Å². The first-order valence-corrected chi connectivity index (χ1v) is 7.30. The molecule has 5 heteroatoms. The van der Waals surface area contributed by atoms with Crippen molar-refractivity contribution in [1.29, 1.82) is 0 Å². The molecule has 0 unspecified atom stereocenters. The average Bonchev–Trinajstić information content (AvgIpc) is 2.41. The number of hydrogen-bond donors (Lipinski definition) is 1. The highest BCUT2D eigenvalue weighted by Crippen LogP contribution is 2.23. The molecule has 0 bridgehead atoms. The van der Waals surface area contributed by atoms with Gasteiger partial charge in [0.15, 0.2) is 0 Å². The Kier molecular flexibility index (Phi) is 5.36. The van der Waals surface area contributed by atoms with E-state index in [1.807, 2.05) is 25.1 Å². The predicted molar refractivity (Wildman–Crippen MR) is 79.4 cm³/mol. The number of halogens is 1. The minimum absolute atomic E-state index is 0.0519. The second-order valence-electron chi connectivity index (χ2n) is 4.74. The number of anilines is 1. The topological polar surface area (TPSA) is 41.6 Å². The molecule has 1 aromatic carbocycles. The van der Waals surface area contributed by atoms with E-state index in [2.05, 4.69) is 26.1 Å². The maximum atomic E-state index is 11.9. The number of ether oxygens (including phenoxy) is 1. The molecule has 0 atom stereocenters. The van der Waals surface area contributed by atoms with Crippen molar-refractivity contribution in [2.75, 3.05) is 38.2 Å². The van der Waals surface area contributed by atoms with Crippen LogP contribution in [0.5, 0.6) is 0 Å². The van der Waals surface area contributed by atoms with Gasteiger partial charge in [0.1, 0.15) is 0 Å². The lowest BCUT2D eigenvalue weighted by Crippen LogP contribution is -2.38. The third kappa shape index (κ3) is 4.60. The van der Waals surface area contributed by atoms with Crippen LogP contribution in [0.3, 0.4) is 0 Å². The fourth-order valence-electron chi connectivity index (χ4n) is 2.02. The Morgan fingerprint density at radius 2 is 2.16 bits per heavy atom. The van der Waals surface area contributed by atoms with Gasteiger partial charge in [-0.2, -0.15) is 0 Å². The highest BCUT2D eigenvalue weighted by Gasteiger charge is 2.12. The van der Waals surface area contributed by atoms with Crippen LogP contribution >= 0.6 is 15.9 Å². The van der Waals surface area contributed by atoms with Crippen LogP contribution < -0.4 is 5.32 Å². The monoisotopic (exact) mass is 326 g/mol. The van der Waals surface area contributed by atoms with Crippen LogP contribution in [0.1, 0.15) is 12.0 Å². The van der Waals surface area contributed by atoms with Crippen LogP contribution in [0.25, 0.3) is 0 Å². The van der Waals surface area contributed by atoms with Crippen molar-refractivity contribution in [3.05, 3.63) is 28.2 Å². The van der Waals surface area contributed by atoms with Crippen molar-refractivity contribution in [2.24, 2.45) is 0 Å². The number of amides is 1. The van der Waals surface area contributed by atoms with Gasteiger partial charge in [0, 0.05) is 30.5 Å². The van der Waals surface area contributed by atoms with E-state index in [0.717, 1.165) is 48.6 Å². The van der Waals surface area contributed by atoms with Gasteiger partial charge in [0.2, 0.25) is 5.91 Å². The Bertz CT molecular complexity index is 445. The SMILES string of the molecule is Cc1ccc(NC(=O)CCN2CCOCC2)c(Br)c1. The Hall–Kier alpha value is -0.910. The zero-order valence-corrected chi connectivity index (χ0v) is 12.7. The van der Waals surface area contributed by atoms with E-state index in [0.29, 0.717) is 6.42 Å². The molecule has 0 aromatic heterocycles. The molecule has 1 amide bonds. The lowest BCUT2D eigenvalue weighted by Gasteiger charge is -2.26. The number of carbonyl (C=O) groups is 1. The molecule has 0 aliphatic carbocycles. The first-order chi connectivity index (χ1) is 9.15. The highest BCUT2D eigenvalue weighted by atomic mass is 79.9. The summed E-state index contributed by atoms with van der Waals surface area (Å²) in [7, 11) is 0. The Morgan fingerprint density at radius 1 is 1.42 bits per heavy atom. The largest absolute Gasteiger partial charge is 0.379 e. The minimum Gasteiger partial charge on any atom is -0.379 e. The van der Waals surface area contributed by atoms with Crippen molar-refractivity contribution in [1.82, 2.24) is 4.90 Å². The second kappa shape index (κ2) is 7.03. The van der Waals surface area contributed by atoms with Gasteiger partial charge in [-0.3, -0.25) is 9.69 Å². The summed E-state index contributed by atoms with van der Waals surface area (Å²) < 4.78 is 6.20. The number of benzene rings is 1. The van der Waals surface area contributed by atoms with Gasteiger partial charge in [-0.05, 0) is 40.5 Å². The average molecular weight is 327 g/mol. The molecule has 2 rings (SSSR count). The second-order valence-corrected chi connectivity index (χ2v) is 5.59. The van der Waals surface area contributed by atoms with Gasteiger partial charge >= 0.3 is 0 Å². The van der Waals surface area contributed by atoms with E-state index >= 15 is 0 Å². The van der Waals surface area contributed by atoms with Crippen LogP contribution in [-0.2, 0) is 9.53 Å². The molecule has 1 heterocycles. The third-order valence-corrected chi connectivity index (χ3v) is 3.81. The normalized spacial score (nSPS) is 16.3. The van der Waals surface area contributed by atoms with E-state index in [-0.39, 0.29) is 5.91 Å². The lowest BCUT2D eigenvalue weighted by molar-refractivity contribution is -0.116. The van der Waals surface area contributed by atoms with E-state index in [1.54, 1.807) is 0 Å². The van der Waals surface area contributed by atoms with Crippen LogP contribution in [-0.4, -0.2) is 43.7 Å². The molecule has 1 N–H and O–H groups in total. The summed E-state index contributed by atoms with van der Waals surface area (Å²) in [5.41, 5.74) is 2.00. The van der Waals surface area contributed by atoms with Crippen LogP contribution in [0.2, 0.25) is 0 Å². The summed E-state index contributed by atoms with van der Waals surface area (Å²) in [6, 6.07) is 5.91. The van der Waals surface area contributed by atoms with Gasteiger partial charge < -0.3 is 10.1 Å². The number of aryl methyl sites for hydroxylation is 1.